The van der Waals surface area contributed by atoms with E-state index in [-0.39, 0.29) is 22.3 Å². The molecule has 2 saturated carbocycles. The van der Waals surface area contributed by atoms with Crippen LogP contribution in [0.1, 0.15) is 86.7 Å². The molecule has 1 saturated heterocycles. The fourth-order valence-corrected chi connectivity index (χ4v) is 11.4. The van der Waals surface area contributed by atoms with Gasteiger partial charge in [-0.25, -0.2) is 14.4 Å². The molecule has 2 bridgehead atoms. The predicted octanol–water partition coefficient (Wildman–Crippen LogP) is 0.906. The SMILES string of the molecule is CC(=O)O[C@H]1C(=O)[C@]2(C)[C@@H](OC(=O)NC[C@H](O)[C@H](O)[C@@H](O)[C@H](O)CO)C[C@H]3OC[C@@]3(OC(C)=O)[C@H]2[C@H](OC(=O)c2ccccc2)[C@]2(O)C[C@H](OC(=O)[C@H](O)[C@@H](NC(=O)c3ccccc3)c3ccccc3)C(C)=C1C2(C)C. The summed E-state index contributed by atoms with van der Waals surface area (Å²) in [5, 5.41) is 81.2. The van der Waals surface area contributed by atoms with Crippen molar-refractivity contribution < 1.29 is 97.7 Å². The smallest absolute Gasteiger partial charge is 0.407 e. The van der Waals surface area contributed by atoms with Crippen molar-refractivity contribution in [2.75, 3.05) is 19.8 Å². The zero-order valence-electron chi connectivity index (χ0n) is 42.6. The molecular weight excluding hydrogens is 997 g/mol. The average molecular weight is 1060 g/mol. The number of amides is 2. The maximum Gasteiger partial charge on any atom is 0.407 e. The highest BCUT2D eigenvalue weighted by molar-refractivity contribution is 5.96. The van der Waals surface area contributed by atoms with Crippen LogP contribution in [0.15, 0.2) is 102 Å². The Hall–Kier alpha value is -6.63. The first-order valence-corrected chi connectivity index (χ1v) is 24.6. The number of ketones is 1. The third kappa shape index (κ3) is 10.6. The van der Waals surface area contributed by atoms with Crippen LogP contribution in [-0.4, -0.2) is 169 Å². The van der Waals surface area contributed by atoms with Crippen molar-refractivity contribution in [3.8, 4) is 0 Å². The molecule has 76 heavy (non-hydrogen) atoms. The van der Waals surface area contributed by atoms with E-state index < -0.39 is 169 Å². The number of rotatable bonds is 17. The Bertz CT molecular complexity index is 2690. The number of carbonyl (C=O) groups excluding carboxylic acids is 7. The highest BCUT2D eigenvalue weighted by Crippen LogP contribution is 2.65. The first-order valence-electron chi connectivity index (χ1n) is 24.6. The summed E-state index contributed by atoms with van der Waals surface area (Å²) in [6.45, 7) is 5.47. The monoisotopic (exact) mass is 1060 g/mol. The van der Waals surface area contributed by atoms with E-state index in [1.54, 1.807) is 54.6 Å². The number of aliphatic hydroxyl groups excluding tert-OH is 6. The van der Waals surface area contributed by atoms with E-state index in [4.69, 9.17) is 28.4 Å². The van der Waals surface area contributed by atoms with Crippen LogP contribution in [0.3, 0.4) is 0 Å². The lowest BCUT2D eigenvalue weighted by molar-refractivity contribution is -0.345. The lowest BCUT2D eigenvalue weighted by Gasteiger charge is -2.67. The number of aliphatic hydroxyl groups is 7. The van der Waals surface area contributed by atoms with Gasteiger partial charge in [-0.3, -0.25) is 19.2 Å². The minimum absolute atomic E-state index is 0.0428. The van der Waals surface area contributed by atoms with Crippen molar-refractivity contribution in [1.29, 1.82) is 0 Å². The van der Waals surface area contributed by atoms with Crippen LogP contribution in [-0.2, 0) is 47.6 Å². The highest BCUT2D eigenvalue weighted by atomic mass is 16.6. The van der Waals surface area contributed by atoms with Gasteiger partial charge in [-0.2, -0.15) is 0 Å². The van der Waals surface area contributed by atoms with Gasteiger partial charge in [0.2, 0.25) is 0 Å². The highest BCUT2D eigenvalue weighted by Gasteiger charge is 2.79. The molecule has 7 rings (SSSR count). The lowest BCUT2D eigenvalue weighted by Crippen LogP contribution is -2.82. The van der Waals surface area contributed by atoms with Gasteiger partial charge < -0.3 is 74.8 Å². The second kappa shape index (κ2) is 22.5. The van der Waals surface area contributed by atoms with Gasteiger partial charge in [-0.05, 0) is 54.8 Å². The van der Waals surface area contributed by atoms with Gasteiger partial charge >= 0.3 is 30.0 Å². The van der Waals surface area contributed by atoms with Gasteiger partial charge in [0.25, 0.3) is 5.91 Å². The maximum atomic E-state index is 16.2. The second-order valence-corrected chi connectivity index (χ2v) is 20.4. The molecule has 0 unspecified atom stereocenters. The normalized spacial score (nSPS) is 29.8. The molecule has 22 nitrogen and oxygen atoms in total. The number of benzene rings is 3. The molecule has 22 heteroatoms. The largest absolute Gasteiger partial charge is 0.456 e. The van der Waals surface area contributed by atoms with Crippen LogP contribution in [0.5, 0.6) is 0 Å². The van der Waals surface area contributed by atoms with Crippen molar-refractivity contribution >= 4 is 41.7 Å². The van der Waals surface area contributed by atoms with Gasteiger partial charge in [0.05, 0.1) is 42.3 Å². The number of fused-ring (bicyclic) bond motifs is 5. The minimum atomic E-state index is -2.59. The molecule has 410 valence electrons. The van der Waals surface area contributed by atoms with Gasteiger partial charge in [-0.1, -0.05) is 80.6 Å². The standard InChI is InChI=1S/C54H64N2O20/c1-27-35(73-49(68)42(64)39(30-16-10-7-11-17-30)56-47(66)31-18-12-8-13-19-31)23-54(70)46(75-48(67)32-20-14-9-15-21-32)44-52(6,45(65)43(72-28(2)58)38(27)51(54,4)5)36(22-37-53(44,26-71-37)76-29(3)59)74-50(69)55-24-33(60)40(62)41(63)34(61)25-57/h7-21,33-37,39-44,46,57,60-64,70H,22-26H2,1-6H3,(H,55,69)(H,56,66)/t33-,34+,35-,36-,37+,39-,40-,41-,42+,43+,44-,46-,52+,53-,54+/m0/s1. The molecule has 1 heterocycles. The summed E-state index contributed by atoms with van der Waals surface area (Å²) in [7, 11) is 0. The summed E-state index contributed by atoms with van der Waals surface area (Å²) in [4.78, 5) is 99.5. The van der Waals surface area contributed by atoms with E-state index in [2.05, 4.69) is 10.6 Å². The van der Waals surface area contributed by atoms with E-state index >= 15 is 4.79 Å². The van der Waals surface area contributed by atoms with Crippen LogP contribution in [0, 0.1) is 16.7 Å². The maximum absolute atomic E-state index is 16.2. The van der Waals surface area contributed by atoms with Crippen LogP contribution < -0.4 is 10.6 Å². The van der Waals surface area contributed by atoms with Gasteiger partial charge in [0.15, 0.2) is 23.6 Å². The van der Waals surface area contributed by atoms with Crippen molar-refractivity contribution in [3.05, 3.63) is 119 Å². The number of ether oxygens (including phenoxy) is 6. The lowest BCUT2D eigenvalue weighted by atomic mass is 9.44. The molecule has 1 aliphatic heterocycles. The second-order valence-electron chi connectivity index (χ2n) is 20.4. The van der Waals surface area contributed by atoms with Crippen molar-refractivity contribution in [1.82, 2.24) is 10.6 Å². The molecule has 0 spiro atoms. The van der Waals surface area contributed by atoms with E-state index in [1.165, 1.54) is 64.1 Å². The van der Waals surface area contributed by atoms with E-state index in [0.717, 1.165) is 13.8 Å². The molecule has 9 N–H and O–H groups in total. The summed E-state index contributed by atoms with van der Waals surface area (Å²) < 4.78 is 36.7. The molecule has 4 aliphatic rings. The molecule has 0 aromatic heterocycles. The van der Waals surface area contributed by atoms with E-state index in [9.17, 15) is 64.5 Å². The van der Waals surface area contributed by atoms with E-state index in [1.807, 2.05) is 0 Å². The number of hydrogen-bond acceptors (Lipinski definition) is 20. The third-order valence-electron chi connectivity index (χ3n) is 15.5. The number of nitrogens with one attached hydrogen (secondary N) is 2. The zero-order chi connectivity index (χ0) is 55.7. The summed E-state index contributed by atoms with van der Waals surface area (Å²) in [6, 6.07) is 22.1. The third-order valence-corrected chi connectivity index (χ3v) is 15.5. The Morgan fingerprint density at radius 3 is 1.89 bits per heavy atom. The Morgan fingerprint density at radius 2 is 1.34 bits per heavy atom. The Kier molecular flexibility index (Phi) is 16.9. The Morgan fingerprint density at radius 1 is 0.763 bits per heavy atom. The molecule has 3 aliphatic carbocycles. The predicted molar refractivity (Wildman–Crippen MR) is 261 cm³/mol. The average Bonchev–Trinajstić information content (AvgIpc) is 3.52. The molecule has 15 atom stereocenters. The van der Waals surface area contributed by atoms with Gasteiger partial charge in [-0.15, -0.1) is 0 Å². The quantitative estimate of drug-likeness (QED) is 0.0515. The zero-order valence-corrected chi connectivity index (χ0v) is 42.6. The molecular formula is C54H64N2O20. The van der Waals surface area contributed by atoms with Gasteiger partial charge in [0, 0.05) is 44.2 Å². The van der Waals surface area contributed by atoms with Crippen molar-refractivity contribution in [2.45, 2.75) is 133 Å². The van der Waals surface area contributed by atoms with Gasteiger partial charge in [0.1, 0.15) is 48.3 Å². The molecule has 3 aromatic carbocycles. The fraction of sp³-hybridized carbons (Fsp3) is 0.500. The molecule has 0 radical (unpaired) electrons. The fourth-order valence-electron chi connectivity index (χ4n) is 11.4. The van der Waals surface area contributed by atoms with Crippen LogP contribution in [0.25, 0.3) is 0 Å². The molecule has 2 amide bonds. The Balaban J connectivity index is 1.38. The first-order chi connectivity index (χ1) is 35.8. The number of hydrogen-bond donors (Lipinski definition) is 9. The van der Waals surface area contributed by atoms with Crippen molar-refractivity contribution in [2.24, 2.45) is 16.7 Å². The summed E-state index contributed by atoms with van der Waals surface area (Å²) in [5.74, 6) is -7.81. The topological polar surface area (TPSA) is 341 Å². The summed E-state index contributed by atoms with van der Waals surface area (Å²) in [5.41, 5.74) is -8.42. The van der Waals surface area contributed by atoms with Crippen LogP contribution in [0.4, 0.5) is 4.79 Å². The number of carbonyl (C=O) groups is 7. The molecule has 3 aromatic rings. The number of Topliss-reactive ketones (excluding diaryl/α,β-unsaturated/α-hetero) is 1. The van der Waals surface area contributed by atoms with Crippen molar-refractivity contribution in [3.63, 3.8) is 0 Å². The van der Waals surface area contributed by atoms with E-state index in [0.29, 0.717) is 5.56 Å². The Labute approximate surface area is 436 Å². The summed E-state index contributed by atoms with van der Waals surface area (Å²) >= 11 is 0. The number of esters is 4. The molecule has 3 fully saturated rings. The van der Waals surface area contributed by atoms with Crippen LogP contribution in [0.2, 0.25) is 0 Å². The first kappa shape index (κ1) is 57.1. The van der Waals surface area contributed by atoms with Crippen LogP contribution >= 0.6 is 0 Å². The minimum Gasteiger partial charge on any atom is -0.456 e. The summed E-state index contributed by atoms with van der Waals surface area (Å²) in [6.07, 6.45) is -21.3. The number of alkyl carbamates (subject to hydrolysis) is 1.